The Hall–Kier alpha value is -2.43. The molecule has 0 unspecified atom stereocenters. The zero-order chi connectivity index (χ0) is 14.1. The largest absolute Gasteiger partial charge is 0.355 e. The molecule has 0 aliphatic carbocycles. The van der Waals surface area contributed by atoms with E-state index in [4.69, 9.17) is 4.98 Å². The Labute approximate surface area is 123 Å². The summed E-state index contributed by atoms with van der Waals surface area (Å²) in [5.41, 5.74) is 2.08. The second-order valence-electron chi connectivity index (χ2n) is 5.38. The standard InChI is InChI=1S/C16H17N5/c1-2-10-20(11-3-1)16-14-5-4-12-21(14)19-15(18-16)13-6-8-17-9-7-13/h4-9,12H,1-3,10-11H2. The number of anilines is 1. The zero-order valence-corrected chi connectivity index (χ0v) is 11.8. The molecule has 1 aliphatic heterocycles. The normalized spacial score (nSPS) is 15.5. The Morgan fingerprint density at radius 2 is 1.76 bits per heavy atom. The third-order valence-corrected chi connectivity index (χ3v) is 3.97. The van der Waals surface area contributed by atoms with E-state index in [2.05, 4.69) is 21.0 Å². The zero-order valence-electron chi connectivity index (χ0n) is 11.8. The molecule has 4 heterocycles. The van der Waals surface area contributed by atoms with Crippen LogP contribution in [0.2, 0.25) is 0 Å². The molecule has 4 rings (SSSR count). The quantitative estimate of drug-likeness (QED) is 0.723. The lowest BCUT2D eigenvalue weighted by molar-refractivity contribution is 0.573. The first-order valence-corrected chi connectivity index (χ1v) is 7.42. The van der Waals surface area contributed by atoms with Crippen LogP contribution in [-0.2, 0) is 0 Å². The van der Waals surface area contributed by atoms with Gasteiger partial charge >= 0.3 is 0 Å². The van der Waals surface area contributed by atoms with Gasteiger partial charge in [0.25, 0.3) is 0 Å². The second-order valence-corrected chi connectivity index (χ2v) is 5.38. The van der Waals surface area contributed by atoms with Crippen LogP contribution in [0.1, 0.15) is 19.3 Å². The van der Waals surface area contributed by atoms with E-state index in [1.807, 2.05) is 28.9 Å². The highest BCUT2D eigenvalue weighted by Crippen LogP contribution is 2.25. The van der Waals surface area contributed by atoms with Crippen molar-refractivity contribution in [3.8, 4) is 11.4 Å². The molecular weight excluding hydrogens is 262 g/mol. The summed E-state index contributed by atoms with van der Waals surface area (Å²) >= 11 is 0. The fraction of sp³-hybridized carbons (Fsp3) is 0.312. The summed E-state index contributed by atoms with van der Waals surface area (Å²) in [6, 6.07) is 8.00. The number of rotatable bonds is 2. The first kappa shape index (κ1) is 12.3. The van der Waals surface area contributed by atoms with Crippen molar-refractivity contribution in [2.75, 3.05) is 18.0 Å². The summed E-state index contributed by atoms with van der Waals surface area (Å²) in [5.74, 6) is 1.79. The van der Waals surface area contributed by atoms with Crippen LogP contribution in [0.4, 0.5) is 5.82 Å². The number of hydrogen-bond donors (Lipinski definition) is 0. The highest BCUT2D eigenvalue weighted by Gasteiger charge is 2.17. The lowest BCUT2D eigenvalue weighted by Gasteiger charge is -2.28. The Kier molecular flexibility index (Phi) is 3.03. The van der Waals surface area contributed by atoms with Crippen molar-refractivity contribution in [3.63, 3.8) is 0 Å². The van der Waals surface area contributed by atoms with Gasteiger partial charge < -0.3 is 4.90 Å². The van der Waals surface area contributed by atoms with Gasteiger partial charge in [0.15, 0.2) is 11.6 Å². The molecule has 0 saturated carbocycles. The first-order chi connectivity index (χ1) is 10.4. The number of aromatic nitrogens is 4. The van der Waals surface area contributed by atoms with Crippen molar-refractivity contribution < 1.29 is 0 Å². The van der Waals surface area contributed by atoms with Crippen molar-refractivity contribution >= 4 is 11.3 Å². The van der Waals surface area contributed by atoms with E-state index in [0.29, 0.717) is 0 Å². The highest BCUT2D eigenvalue weighted by molar-refractivity contribution is 5.71. The maximum atomic E-state index is 4.83. The average Bonchev–Trinajstić information content (AvgIpc) is 3.04. The van der Waals surface area contributed by atoms with Crippen molar-refractivity contribution in [2.24, 2.45) is 0 Å². The Bertz CT molecular complexity index is 744. The van der Waals surface area contributed by atoms with Gasteiger partial charge in [-0.2, -0.15) is 0 Å². The minimum Gasteiger partial charge on any atom is -0.355 e. The first-order valence-electron chi connectivity index (χ1n) is 7.42. The Morgan fingerprint density at radius 3 is 2.57 bits per heavy atom. The SMILES string of the molecule is c1cc2c(N3CCCCC3)nc(-c3ccncc3)nn2c1. The van der Waals surface area contributed by atoms with Crippen LogP contribution >= 0.6 is 0 Å². The monoisotopic (exact) mass is 279 g/mol. The smallest absolute Gasteiger partial charge is 0.182 e. The molecule has 0 aromatic carbocycles. The molecule has 5 nitrogen and oxygen atoms in total. The number of nitrogens with zero attached hydrogens (tertiary/aromatic N) is 5. The van der Waals surface area contributed by atoms with E-state index in [9.17, 15) is 0 Å². The molecular formula is C16H17N5. The Balaban J connectivity index is 1.86. The molecule has 1 saturated heterocycles. The molecule has 0 amide bonds. The van der Waals surface area contributed by atoms with E-state index < -0.39 is 0 Å². The molecule has 3 aromatic rings. The number of pyridine rings is 1. The molecule has 21 heavy (non-hydrogen) atoms. The van der Waals surface area contributed by atoms with E-state index in [0.717, 1.165) is 35.8 Å². The van der Waals surface area contributed by atoms with Crippen molar-refractivity contribution in [1.29, 1.82) is 0 Å². The summed E-state index contributed by atoms with van der Waals surface area (Å²) in [5, 5.41) is 4.61. The summed E-state index contributed by atoms with van der Waals surface area (Å²) < 4.78 is 1.92. The number of piperidine rings is 1. The third-order valence-electron chi connectivity index (χ3n) is 3.97. The fourth-order valence-corrected chi connectivity index (χ4v) is 2.88. The summed E-state index contributed by atoms with van der Waals surface area (Å²) in [7, 11) is 0. The summed E-state index contributed by atoms with van der Waals surface area (Å²) in [4.78, 5) is 11.3. The van der Waals surface area contributed by atoms with E-state index in [1.165, 1.54) is 19.3 Å². The lowest BCUT2D eigenvalue weighted by Crippen LogP contribution is -2.30. The van der Waals surface area contributed by atoms with Gasteiger partial charge in [-0.1, -0.05) is 0 Å². The maximum Gasteiger partial charge on any atom is 0.182 e. The molecule has 0 N–H and O–H groups in total. The van der Waals surface area contributed by atoms with Gasteiger partial charge in [0.1, 0.15) is 5.52 Å². The Morgan fingerprint density at radius 1 is 0.952 bits per heavy atom. The molecule has 0 radical (unpaired) electrons. The average molecular weight is 279 g/mol. The van der Waals surface area contributed by atoms with Crippen LogP contribution in [0.5, 0.6) is 0 Å². The molecule has 1 fully saturated rings. The molecule has 0 bridgehead atoms. The molecule has 106 valence electrons. The summed E-state index contributed by atoms with van der Waals surface area (Å²) in [6.07, 6.45) is 9.33. The predicted octanol–water partition coefficient (Wildman–Crippen LogP) is 2.78. The molecule has 5 heteroatoms. The van der Waals surface area contributed by atoms with Gasteiger partial charge in [0, 0.05) is 37.2 Å². The molecule has 0 spiro atoms. The van der Waals surface area contributed by atoms with Gasteiger partial charge in [-0.25, -0.2) is 9.50 Å². The van der Waals surface area contributed by atoms with Crippen LogP contribution in [0, 0.1) is 0 Å². The van der Waals surface area contributed by atoms with Crippen LogP contribution < -0.4 is 4.90 Å². The van der Waals surface area contributed by atoms with Gasteiger partial charge in [0.2, 0.25) is 0 Å². The second kappa shape index (κ2) is 5.16. The fourth-order valence-electron chi connectivity index (χ4n) is 2.88. The predicted molar refractivity (Wildman–Crippen MR) is 82.3 cm³/mol. The third kappa shape index (κ3) is 2.24. The van der Waals surface area contributed by atoms with E-state index in [1.54, 1.807) is 12.4 Å². The maximum absolute atomic E-state index is 4.83. The van der Waals surface area contributed by atoms with Gasteiger partial charge in [-0.05, 0) is 43.5 Å². The topological polar surface area (TPSA) is 46.3 Å². The molecule has 0 atom stereocenters. The van der Waals surface area contributed by atoms with Gasteiger partial charge in [-0.15, -0.1) is 5.10 Å². The van der Waals surface area contributed by atoms with Crippen molar-refractivity contribution in [2.45, 2.75) is 19.3 Å². The summed E-state index contributed by atoms with van der Waals surface area (Å²) in [6.45, 7) is 2.15. The van der Waals surface area contributed by atoms with E-state index in [-0.39, 0.29) is 0 Å². The van der Waals surface area contributed by atoms with Crippen LogP contribution in [-0.4, -0.2) is 32.7 Å². The van der Waals surface area contributed by atoms with Crippen LogP contribution in [0.3, 0.4) is 0 Å². The van der Waals surface area contributed by atoms with E-state index >= 15 is 0 Å². The number of fused-ring (bicyclic) bond motifs is 1. The highest BCUT2D eigenvalue weighted by atomic mass is 15.3. The van der Waals surface area contributed by atoms with Crippen molar-refractivity contribution in [1.82, 2.24) is 19.6 Å². The lowest BCUT2D eigenvalue weighted by atomic mass is 10.1. The van der Waals surface area contributed by atoms with Gasteiger partial charge in [0.05, 0.1) is 0 Å². The van der Waals surface area contributed by atoms with Crippen molar-refractivity contribution in [3.05, 3.63) is 42.9 Å². The number of hydrogen-bond acceptors (Lipinski definition) is 4. The van der Waals surface area contributed by atoms with Crippen LogP contribution in [0.15, 0.2) is 42.9 Å². The van der Waals surface area contributed by atoms with Gasteiger partial charge in [-0.3, -0.25) is 4.98 Å². The molecule has 1 aliphatic rings. The minimum absolute atomic E-state index is 0.752. The minimum atomic E-state index is 0.752. The van der Waals surface area contributed by atoms with Crippen LogP contribution in [0.25, 0.3) is 16.9 Å². The molecule has 3 aromatic heterocycles.